The summed E-state index contributed by atoms with van der Waals surface area (Å²) in [5.41, 5.74) is 4.67. The van der Waals surface area contributed by atoms with Crippen molar-refractivity contribution in [2.45, 2.75) is 105 Å². The molecule has 2 aromatic rings. The summed E-state index contributed by atoms with van der Waals surface area (Å²) in [6.07, 6.45) is 0.983. The molecule has 4 heteroatoms. The van der Waals surface area contributed by atoms with Crippen molar-refractivity contribution < 1.29 is 14.3 Å². The van der Waals surface area contributed by atoms with Gasteiger partial charge in [-0.3, -0.25) is 4.79 Å². The fraction of sp³-hybridized carbons (Fsp3) is 0.581. The van der Waals surface area contributed by atoms with E-state index < -0.39 is 19.7 Å². The molecule has 0 saturated heterocycles. The van der Waals surface area contributed by atoms with Gasteiger partial charge in [-0.1, -0.05) is 90.4 Å². The molecule has 2 aromatic carbocycles. The molecule has 2 rings (SSSR count). The van der Waals surface area contributed by atoms with Crippen LogP contribution in [0.5, 0.6) is 0 Å². The quantitative estimate of drug-likeness (QED) is 0.356. The van der Waals surface area contributed by atoms with Gasteiger partial charge in [0.05, 0.1) is 0 Å². The average molecular weight is 497 g/mol. The van der Waals surface area contributed by atoms with E-state index in [0.29, 0.717) is 12.5 Å². The SMILES string of the molecule is Cc1cc(C)c(C(C)(C)CO[Si](C)(C)C(C)(C)C)c([C@@](C)(C(=O)O)c2ccc(CC(C)C)cc2)c1. The van der Waals surface area contributed by atoms with Crippen molar-refractivity contribution in [1.82, 2.24) is 0 Å². The molecule has 0 aromatic heterocycles. The van der Waals surface area contributed by atoms with Crippen molar-refractivity contribution in [3.8, 4) is 0 Å². The van der Waals surface area contributed by atoms with Crippen LogP contribution in [0.15, 0.2) is 36.4 Å². The van der Waals surface area contributed by atoms with Gasteiger partial charge in [0.2, 0.25) is 0 Å². The number of aliphatic carboxylic acids is 1. The highest BCUT2D eigenvalue weighted by Gasteiger charge is 2.44. The summed E-state index contributed by atoms with van der Waals surface area (Å²) in [4.78, 5) is 13.0. The number of carbonyl (C=O) groups is 1. The van der Waals surface area contributed by atoms with Gasteiger partial charge in [-0.15, -0.1) is 0 Å². The molecule has 1 atom stereocenters. The third kappa shape index (κ3) is 6.27. The number of benzene rings is 2. The van der Waals surface area contributed by atoms with E-state index in [2.05, 4.69) is 92.7 Å². The molecule has 0 bridgehead atoms. The lowest BCUT2D eigenvalue weighted by Crippen LogP contribution is -2.45. The van der Waals surface area contributed by atoms with Gasteiger partial charge in [0.1, 0.15) is 5.41 Å². The van der Waals surface area contributed by atoms with E-state index in [-0.39, 0.29) is 10.5 Å². The summed E-state index contributed by atoms with van der Waals surface area (Å²) in [5.74, 6) is -0.277. The van der Waals surface area contributed by atoms with Crippen LogP contribution in [0, 0.1) is 19.8 Å². The van der Waals surface area contributed by atoms with Crippen molar-refractivity contribution >= 4 is 14.3 Å². The molecule has 0 radical (unpaired) electrons. The van der Waals surface area contributed by atoms with Gasteiger partial charge in [0.15, 0.2) is 8.32 Å². The maximum Gasteiger partial charge on any atom is 0.318 e. The maximum atomic E-state index is 13.0. The van der Waals surface area contributed by atoms with Crippen LogP contribution in [-0.4, -0.2) is 26.0 Å². The molecule has 1 N–H and O–H groups in total. The third-order valence-corrected chi connectivity index (χ3v) is 12.4. The normalized spacial score (nSPS) is 14.8. The zero-order valence-corrected chi connectivity index (χ0v) is 25.2. The average Bonchev–Trinajstić information content (AvgIpc) is 2.70. The second-order valence-electron chi connectivity index (χ2n) is 13.2. The summed E-state index contributed by atoms with van der Waals surface area (Å²) in [6, 6.07) is 12.4. The Hall–Kier alpha value is -1.91. The van der Waals surface area contributed by atoms with Gasteiger partial charge in [0.25, 0.3) is 0 Å². The zero-order valence-electron chi connectivity index (χ0n) is 24.2. The molecule has 35 heavy (non-hydrogen) atoms. The number of hydrogen-bond acceptors (Lipinski definition) is 2. The number of aryl methyl sites for hydroxylation is 2. The summed E-state index contributed by atoms with van der Waals surface area (Å²) in [7, 11) is -1.96. The van der Waals surface area contributed by atoms with Crippen molar-refractivity contribution in [3.63, 3.8) is 0 Å². The first-order chi connectivity index (χ1) is 15.8. The summed E-state index contributed by atoms with van der Waals surface area (Å²) < 4.78 is 6.68. The van der Waals surface area contributed by atoms with Gasteiger partial charge >= 0.3 is 5.97 Å². The molecule has 3 nitrogen and oxygen atoms in total. The summed E-state index contributed by atoms with van der Waals surface area (Å²) >= 11 is 0. The Bertz CT molecular complexity index is 1040. The van der Waals surface area contributed by atoms with E-state index >= 15 is 0 Å². The van der Waals surface area contributed by atoms with Crippen molar-refractivity contribution in [2.24, 2.45) is 5.92 Å². The molecule has 0 unspecified atom stereocenters. The highest BCUT2D eigenvalue weighted by molar-refractivity contribution is 6.74. The highest BCUT2D eigenvalue weighted by atomic mass is 28.4. The molecule has 0 aliphatic carbocycles. The van der Waals surface area contributed by atoms with Crippen molar-refractivity contribution in [2.75, 3.05) is 6.61 Å². The van der Waals surface area contributed by atoms with Crippen LogP contribution in [0.1, 0.15) is 88.8 Å². The standard InChI is InChI=1S/C31H48O3Si/c1-21(2)17-24-13-15-25(16-14-24)31(10,28(32)33)26-19-22(3)18-23(4)27(26)30(8,9)20-34-35(11,12)29(5,6)7/h13-16,18-19,21H,17,20H2,1-12H3,(H,32,33)/t31-/m0/s1. The van der Waals surface area contributed by atoms with Gasteiger partial charge in [0, 0.05) is 12.0 Å². The summed E-state index contributed by atoms with van der Waals surface area (Å²) in [6.45, 7) is 26.6. The number of carboxylic acids is 1. The minimum Gasteiger partial charge on any atom is -0.480 e. The van der Waals surface area contributed by atoms with Crippen molar-refractivity contribution in [1.29, 1.82) is 0 Å². The van der Waals surface area contributed by atoms with Crippen LogP contribution < -0.4 is 0 Å². The topological polar surface area (TPSA) is 46.5 Å². The maximum absolute atomic E-state index is 13.0. The monoisotopic (exact) mass is 496 g/mol. The predicted octanol–water partition coefficient (Wildman–Crippen LogP) is 8.19. The lowest BCUT2D eigenvalue weighted by atomic mass is 9.68. The summed E-state index contributed by atoms with van der Waals surface area (Å²) in [5, 5.41) is 10.8. The van der Waals surface area contributed by atoms with Gasteiger partial charge in [-0.25, -0.2) is 0 Å². The number of rotatable bonds is 9. The Labute approximate surface area is 215 Å². The van der Waals surface area contributed by atoms with Crippen LogP contribution in [0.3, 0.4) is 0 Å². The van der Waals surface area contributed by atoms with E-state index in [9.17, 15) is 9.90 Å². The Morgan fingerprint density at radius 3 is 1.97 bits per heavy atom. The van der Waals surface area contributed by atoms with Crippen LogP contribution in [0.25, 0.3) is 0 Å². The Kier molecular flexibility index (Phi) is 8.56. The smallest absolute Gasteiger partial charge is 0.318 e. The largest absolute Gasteiger partial charge is 0.480 e. The van der Waals surface area contributed by atoms with E-state index in [1.54, 1.807) is 0 Å². The van der Waals surface area contributed by atoms with E-state index in [1.807, 2.05) is 26.0 Å². The molecule has 0 fully saturated rings. The van der Waals surface area contributed by atoms with Crippen molar-refractivity contribution in [3.05, 3.63) is 69.8 Å². The lowest BCUT2D eigenvalue weighted by molar-refractivity contribution is -0.141. The second-order valence-corrected chi connectivity index (χ2v) is 18.0. The Morgan fingerprint density at radius 2 is 1.51 bits per heavy atom. The van der Waals surface area contributed by atoms with E-state index in [0.717, 1.165) is 34.2 Å². The molecular formula is C31H48O3Si. The number of carboxylic acid groups (broad SMARTS) is 1. The first kappa shape index (κ1) is 29.3. The molecule has 0 aliphatic heterocycles. The fourth-order valence-electron chi connectivity index (χ4n) is 4.75. The van der Waals surface area contributed by atoms with Crippen LogP contribution in [0.2, 0.25) is 18.1 Å². The Morgan fingerprint density at radius 1 is 0.971 bits per heavy atom. The highest BCUT2D eigenvalue weighted by Crippen LogP contribution is 2.43. The lowest BCUT2D eigenvalue weighted by Gasteiger charge is -2.41. The molecule has 0 saturated carbocycles. The molecule has 0 heterocycles. The first-order valence-corrected chi connectivity index (χ1v) is 15.8. The molecule has 0 spiro atoms. The second kappa shape index (κ2) is 10.2. The van der Waals surface area contributed by atoms with Crippen LogP contribution in [-0.2, 0) is 26.5 Å². The predicted molar refractivity (Wildman–Crippen MR) is 151 cm³/mol. The third-order valence-electron chi connectivity index (χ3n) is 7.90. The first-order valence-electron chi connectivity index (χ1n) is 12.9. The van der Waals surface area contributed by atoms with Gasteiger partial charge < -0.3 is 9.53 Å². The van der Waals surface area contributed by atoms with Gasteiger partial charge in [-0.2, -0.15) is 0 Å². The van der Waals surface area contributed by atoms with Crippen LogP contribution >= 0.6 is 0 Å². The molecule has 0 amide bonds. The molecule has 0 aliphatic rings. The number of hydrogen-bond donors (Lipinski definition) is 1. The van der Waals surface area contributed by atoms with Crippen LogP contribution in [0.4, 0.5) is 0 Å². The fourth-order valence-corrected chi connectivity index (χ4v) is 5.90. The van der Waals surface area contributed by atoms with Gasteiger partial charge in [-0.05, 0) is 79.1 Å². The zero-order chi connectivity index (χ0) is 27.0. The minimum atomic E-state index is -1.96. The molecule has 194 valence electrons. The Balaban J connectivity index is 2.67. The minimum absolute atomic E-state index is 0.113. The van der Waals surface area contributed by atoms with E-state index in [1.165, 1.54) is 5.56 Å². The molecular weight excluding hydrogens is 448 g/mol. The van der Waals surface area contributed by atoms with E-state index in [4.69, 9.17) is 4.43 Å².